The van der Waals surface area contributed by atoms with Gasteiger partial charge in [-0.1, -0.05) is 55.3 Å². The zero-order valence-electron chi connectivity index (χ0n) is 15.3. The minimum atomic E-state index is 0. The first-order valence-electron chi connectivity index (χ1n) is 8.25. The van der Waals surface area contributed by atoms with E-state index in [0.717, 1.165) is 24.2 Å². The van der Waals surface area contributed by atoms with Crippen LogP contribution in [0.2, 0.25) is 5.02 Å². The summed E-state index contributed by atoms with van der Waals surface area (Å²) in [5, 5.41) is 3.98. The van der Waals surface area contributed by atoms with Gasteiger partial charge < -0.3 is 14.8 Å². The second-order valence-electron chi connectivity index (χ2n) is 6.41. The fourth-order valence-corrected chi connectivity index (χ4v) is 2.65. The van der Waals surface area contributed by atoms with Crippen LogP contribution < -0.4 is 14.8 Å². The number of rotatable bonds is 8. The largest absolute Gasteiger partial charge is 0.493 e. The standard InChI is InChI=1S/C20H26ClNO2.ClH/c1-14(2)11-22-12-17-9-18(21)20(19(10-17)23-4)24-13-16-7-5-15(3)6-8-16;/h5-10,14,22H,11-13H2,1-4H3;1H. The van der Waals surface area contributed by atoms with E-state index in [0.29, 0.717) is 29.0 Å². The van der Waals surface area contributed by atoms with Crippen LogP contribution in [0.3, 0.4) is 0 Å². The van der Waals surface area contributed by atoms with Gasteiger partial charge in [-0.15, -0.1) is 12.4 Å². The lowest BCUT2D eigenvalue weighted by molar-refractivity contribution is 0.284. The van der Waals surface area contributed by atoms with E-state index in [9.17, 15) is 0 Å². The minimum absolute atomic E-state index is 0. The van der Waals surface area contributed by atoms with E-state index in [2.05, 4.69) is 50.4 Å². The molecule has 0 heterocycles. The van der Waals surface area contributed by atoms with E-state index in [1.165, 1.54) is 5.56 Å². The first kappa shape index (κ1) is 21.6. The molecule has 2 aromatic rings. The topological polar surface area (TPSA) is 30.5 Å². The average Bonchev–Trinajstić information content (AvgIpc) is 2.54. The van der Waals surface area contributed by atoms with Gasteiger partial charge in [-0.3, -0.25) is 0 Å². The molecule has 1 N–H and O–H groups in total. The zero-order chi connectivity index (χ0) is 17.5. The SMILES string of the molecule is COc1cc(CNCC(C)C)cc(Cl)c1OCc1ccc(C)cc1.Cl. The molecule has 0 radical (unpaired) electrons. The molecule has 0 saturated heterocycles. The van der Waals surface area contributed by atoms with Crippen LogP contribution in [0.1, 0.15) is 30.5 Å². The van der Waals surface area contributed by atoms with Crippen LogP contribution in [0.15, 0.2) is 36.4 Å². The Balaban J connectivity index is 0.00000312. The summed E-state index contributed by atoms with van der Waals surface area (Å²) in [5.41, 5.74) is 3.41. The second kappa shape index (κ2) is 10.5. The van der Waals surface area contributed by atoms with Crippen LogP contribution in [0, 0.1) is 12.8 Å². The fraction of sp³-hybridized carbons (Fsp3) is 0.400. The molecule has 0 aliphatic carbocycles. The van der Waals surface area contributed by atoms with Gasteiger partial charge in [-0.2, -0.15) is 0 Å². The normalized spacial score (nSPS) is 10.5. The number of aryl methyl sites for hydroxylation is 1. The van der Waals surface area contributed by atoms with Crippen molar-refractivity contribution in [2.45, 2.75) is 33.9 Å². The molecule has 0 fully saturated rings. The molecule has 0 aliphatic heterocycles. The van der Waals surface area contributed by atoms with E-state index in [-0.39, 0.29) is 12.4 Å². The molecule has 25 heavy (non-hydrogen) atoms. The third-order valence-electron chi connectivity index (χ3n) is 3.67. The van der Waals surface area contributed by atoms with Gasteiger partial charge in [0.05, 0.1) is 12.1 Å². The van der Waals surface area contributed by atoms with Crippen molar-refractivity contribution in [1.29, 1.82) is 0 Å². The molecule has 2 aromatic carbocycles. The van der Waals surface area contributed by atoms with Crippen LogP contribution in [0.5, 0.6) is 11.5 Å². The lowest BCUT2D eigenvalue weighted by Gasteiger charge is -2.15. The van der Waals surface area contributed by atoms with Crippen molar-refractivity contribution in [3.63, 3.8) is 0 Å². The number of ether oxygens (including phenoxy) is 2. The highest BCUT2D eigenvalue weighted by atomic mass is 35.5. The summed E-state index contributed by atoms with van der Waals surface area (Å²) in [6.07, 6.45) is 0. The Morgan fingerprint density at radius 3 is 2.36 bits per heavy atom. The maximum atomic E-state index is 6.41. The molecule has 0 spiro atoms. The maximum absolute atomic E-state index is 6.41. The monoisotopic (exact) mass is 383 g/mol. The number of nitrogens with one attached hydrogen (secondary N) is 1. The van der Waals surface area contributed by atoms with Crippen LogP contribution >= 0.6 is 24.0 Å². The summed E-state index contributed by atoms with van der Waals surface area (Å²) in [6.45, 7) is 8.61. The molecule has 0 bridgehead atoms. The second-order valence-corrected chi connectivity index (χ2v) is 6.82. The quantitative estimate of drug-likeness (QED) is 0.661. The van der Waals surface area contributed by atoms with Gasteiger partial charge in [0.25, 0.3) is 0 Å². The van der Waals surface area contributed by atoms with Crippen molar-refractivity contribution < 1.29 is 9.47 Å². The Morgan fingerprint density at radius 1 is 1.08 bits per heavy atom. The highest BCUT2D eigenvalue weighted by Crippen LogP contribution is 2.37. The van der Waals surface area contributed by atoms with Crippen molar-refractivity contribution >= 4 is 24.0 Å². The van der Waals surface area contributed by atoms with Gasteiger partial charge in [-0.25, -0.2) is 0 Å². The Hall–Kier alpha value is -1.42. The summed E-state index contributed by atoms with van der Waals surface area (Å²) in [4.78, 5) is 0. The van der Waals surface area contributed by atoms with Gasteiger partial charge in [0, 0.05) is 6.54 Å². The highest BCUT2D eigenvalue weighted by molar-refractivity contribution is 6.32. The summed E-state index contributed by atoms with van der Waals surface area (Å²) in [6, 6.07) is 12.2. The van der Waals surface area contributed by atoms with Crippen molar-refractivity contribution in [3.05, 3.63) is 58.1 Å². The van der Waals surface area contributed by atoms with Crippen molar-refractivity contribution in [2.75, 3.05) is 13.7 Å². The van der Waals surface area contributed by atoms with Gasteiger partial charge in [-0.05, 0) is 42.6 Å². The van der Waals surface area contributed by atoms with Crippen LogP contribution in [-0.2, 0) is 13.2 Å². The first-order chi connectivity index (χ1) is 11.5. The highest BCUT2D eigenvalue weighted by Gasteiger charge is 2.12. The van der Waals surface area contributed by atoms with Crippen molar-refractivity contribution in [1.82, 2.24) is 5.32 Å². The third kappa shape index (κ3) is 6.77. The molecule has 5 heteroatoms. The van der Waals surface area contributed by atoms with E-state index in [1.807, 2.05) is 12.1 Å². The number of benzene rings is 2. The van der Waals surface area contributed by atoms with E-state index in [4.69, 9.17) is 21.1 Å². The Morgan fingerprint density at radius 2 is 1.76 bits per heavy atom. The Bertz CT molecular complexity index is 657. The molecule has 3 nitrogen and oxygen atoms in total. The molecule has 2 rings (SSSR count). The Labute approximate surface area is 162 Å². The maximum Gasteiger partial charge on any atom is 0.180 e. The van der Waals surface area contributed by atoms with E-state index < -0.39 is 0 Å². The van der Waals surface area contributed by atoms with Crippen molar-refractivity contribution in [2.24, 2.45) is 5.92 Å². The van der Waals surface area contributed by atoms with Gasteiger partial charge >= 0.3 is 0 Å². The van der Waals surface area contributed by atoms with Gasteiger partial charge in [0.15, 0.2) is 11.5 Å². The molecule has 0 amide bonds. The zero-order valence-corrected chi connectivity index (χ0v) is 16.8. The lowest BCUT2D eigenvalue weighted by atomic mass is 10.1. The molecule has 0 aromatic heterocycles. The molecular formula is C20H27Cl2NO2. The number of hydrogen-bond donors (Lipinski definition) is 1. The summed E-state index contributed by atoms with van der Waals surface area (Å²) in [7, 11) is 1.63. The minimum Gasteiger partial charge on any atom is -0.493 e. The van der Waals surface area contributed by atoms with Gasteiger partial charge in [0.1, 0.15) is 6.61 Å². The Kier molecular flexibility index (Phi) is 9.12. The molecule has 0 aliphatic rings. The first-order valence-corrected chi connectivity index (χ1v) is 8.63. The van der Waals surface area contributed by atoms with Crippen molar-refractivity contribution in [3.8, 4) is 11.5 Å². The van der Waals surface area contributed by atoms with E-state index in [1.54, 1.807) is 7.11 Å². The number of halogens is 2. The molecule has 0 atom stereocenters. The smallest absolute Gasteiger partial charge is 0.180 e. The van der Waals surface area contributed by atoms with E-state index >= 15 is 0 Å². The van der Waals surface area contributed by atoms with Crippen LogP contribution in [0.4, 0.5) is 0 Å². The summed E-state index contributed by atoms with van der Waals surface area (Å²) >= 11 is 6.41. The predicted molar refractivity (Wildman–Crippen MR) is 107 cm³/mol. The lowest BCUT2D eigenvalue weighted by Crippen LogP contribution is -2.19. The average molecular weight is 384 g/mol. The summed E-state index contributed by atoms with van der Waals surface area (Å²) in [5.74, 6) is 1.86. The summed E-state index contributed by atoms with van der Waals surface area (Å²) < 4.78 is 11.4. The number of methoxy groups -OCH3 is 1. The molecule has 138 valence electrons. The van der Waals surface area contributed by atoms with Crippen LogP contribution in [-0.4, -0.2) is 13.7 Å². The predicted octanol–water partition coefficient (Wildman–Crippen LogP) is 5.40. The molecule has 0 saturated carbocycles. The third-order valence-corrected chi connectivity index (χ3v) is 3.96. The van der Waals surface area contributed by atoms with Gasteiger partial charge in [0.2, 0.25) is 0 Å². The fourth-order valence-electron chi connectivity index (χ4n) is 2.36. The number of hydrogen-bond acceptors (Lipinski definition) is 3. The van der Waals surface area contributed by atoms with Crippen LogP contribution in [0.25, 0.3) is 0 Å². The molecule has 0 unspecified atom stereocenters. The molecular weight excluding hydrogens is 357 g/mol.